The first kappa shape index (κ1) is 13.2. The number of hydrogen-bond donors (Lipinski definition) is 3. The maximum absolute atomic E-state index is 11.3. The highest BCUT2D eigenvalue weighted by atomic mass is 16.2. The Hall–Kier alpha value is -1.89. The normalized spacial score (nSPS) is 10.0. The van der Waals surface area contributed by atoms with Gasteiger partial charge in [-0.15, -0.1) is 0 Å². The molecule has 17 heavy (non-hydrogen) atoms. The number of nitrogens with two attached hydrogens (primary N) is 1. The van der Waals surface area contributed by atoms with Crippen LogP contribution in [0.3, 0.4) is 0 Å². The molecule has 0 radical (unpaired) electrons. The molecule has 7 heteroatoms. The van der Waals surface area contributed by atoms with Crippen molar-refractivity contribution in [3.8, 4) is 0 Å². The van der Waals surface area contributed by atoms with E-state index in [1.54, 1.807) is 4.68 Å². The lowest BCUT2D eigenvalue weighted by molar-refractivity contribution is -0.125. The van der Waals surface area contributed by atoms with Crippen molar-refractivity contribution in [3.05, 3.63) is 18.0 Å². The number of amides is 2. The number of carbonyl (C=O) groups is 2. The van der Waals surface area contributed by atoms with Crippen molar-refractivity contribution in [2.24, 2.45) is 12.8 Å². The van der Waals surface area contributed by atoms with Gasteiger partial charge in [0.2, 0.25) is 11.8 Å². The summed E-state index contributed by atoms with van der Waals surface area (Å²) in [7, 11) is 1.84. The Labute approximate surface area is 99.4 Å². The molecule has 94 valence electrons. The van der Waals surface area contributed by atoms with Gasteiger partial charge in [-0.2, -0.15) is 5.10 Å². The molecule has 0 aliphatic heterocycles. The van der Waals surface area contributed by atoms with E-state index in [0.29, 0.717) is 13.0 Å². The number of aromatic nitrogens is 2. The molecule has 0 aromatic carbocycles. The van der Waals surface area contributed by atoms with E-state index in [9.17, 15) is 9.59 Å². The molecule has 7 nitrogen and oxygen atoms in total. The Balaban J connectivity index is 2.14. The minimum absolute atomic E-state index is 0.0434. The minimum atomic E-state index is -0.343. The maximum Gasteiger partial charge on any atom is 0.239 e. The lowest BCUT2D eigenvalue weighted by Crippen LogP contribution is -2.40. The van der Waals surface area contributed by atoms with Crippen LogP contribution in [0.1, 0.15) is 5.69 Å². The van der Waals surface area contributed by atoms with Gasteiger partial charge >= 0.3 is 0 Å². The third kappa shape index (κ3) is 5.12. The average Bonchev–Trinajstić information content (AvgIpc) is 2.72. The Morgan fingerprint density at radius 2 is 2.18 bits per heavy atom. The number of nitrogens with one attached hydrogen (secondary N) is 2. The summed E-state index contributed by atoms with van der Waals surface area (Å²) in [5.41, 5.74) is 6.00. The van der Waals surface area contributed by atoms with Gasteiger partial charge < -0.3 is 16.4 Å². The number of rotatable bonds is 6. The van der Waals surface area contributed by atoms with Crippen molar-refractivity contribution in [1.82, 2.24) is 20.4 Å². The second-order valence-electron chi connectivity index (χ2n) is 3.56. The Morgan fingerprint density at radius 1 is 1.41 bits per heavy atom. The van der Waals surface area contributed by atoms with E-state index in [2.05, 4.69) is 15.7 Å². The molecule has 0 fully saturated rings. The second-order valence-corrected chi connectivity index (χ2v) is 3.56. The number of aryl methyl sites for hydroxylation is 1. The van der Waals surface area contributed by atoms with Crippen LogP contribution in [0.15, 0.2) is 12.3 Å². The first-order valence-corrected chi connectivity index (χ1v) is 5.34. The maximum atomic E-state index is 11.3. The van der Waals surface area contributed by atoms with Crippen molar-refractivity contribution in [2.75, 3.05) is 19.6 Å². The Morgan fingerprint density at radius 3 is 2.76 bits per heavy atom. The summed E-state index contributed by atoms with van der Waals surface area (Å²) in [6, 6.07) is 1.89. The summed E-state index contributed by atoms with van der Waals surface area (Å²) in [6.07, 6.45) is 2.51. The molecule has 1 rings (SSSR count). The predicted octanol–water partition coefficient (Wildman–Crippen LogP) is -1.85. The van der Waals surface area contributed by atoms with Crippen LogP contribution in [0, 0.1) is 0 Å². The van der Waals surface area contributed by atoms with Gasteiger partial charge in [0.05, 0.1) is 18.8 Å². The number of nitrogens with zero attached hydrogens (tertiary/aromatic N) is 2. The van der Waals surface area contributed by atoms with Crippen LogP contribution in [0.25, 0.3) is 0 Å². The van der Waals surface area contributed by atoms with E-state index >= 15 is 0 Å². The molecule has 2 amide bonds. The third-order valence-corrected chi connectivity index (χ3v) is 2.10. The van der Waals surface area contributed by atoms with Gasteiger partial charge in [0, 0.05) is 26.2 Å². The van der Waals surface area contributed by atoms with Crippen LogP contribution in [-0.2, 0) is 23.1 Å². The molecule has 1 aromatic heterocycles. The average molecular weight is 239 g/mol. The van der Waals surface area contributed by atoms with Crippen molar-refractivity contribution >= 4 is 11.8 Å². The van der Waals surface area contributed by atoms with Gasteiger partial charge in [0.15, 0.2) is 0 Å². The van der Waals surface area contributed by atoms with Crippen molar-refractivity contribution in [1.29, 1.82) is 0 Å². The molecular formula is C10H17N5O2. The molecule has 0 aliphatic carbocycles. The van der Waals surface area contributed by atoms with Gasteiger partial charge in [0.25, 0.3) is 0 Å². The van der Waals surface area contributed by atoms with E-state index in [0.717, 1.165) is 5.69 Å². The Bertz CT molecular complexity index is 388. The summed E-state index contributed by atoms with van der Waals surface area (Å²) in [5.74, 6) is -0.576. The molecule has 0 saturated carbocycles. The van der Waals surface area contributed by atoms with Gasteiger partial charge in [-0.3, -0.25) is 14.3 Å². The molecule has 0 unspecified atom stereocenters. The van der Waals surface area contributed by atoms with Crippen LogP contribution in [0.2, 0.25) is 0 Å². The van der Waals surface area contributed by atoms with Crippen LogP contribution in [0.4, 0.5) is 0 Å². The molecule has 1 heterocycles. The van der Waals surface area contributed by atoms with E-state index < -0.39 is 0 Å². The predicted molar refractivity (Wildman–Crippen MR) is 62.0 cm³/mol. The number of carbonyl (C=O) groups excluding carboxylic acids is 2. The van der Waals surface area contributed by atoms with E-state index in [1.807, 2.05) is 19.3 Å². The highest BCUT2D eigenvalue weighted by Crippen LogP contribution is 1.93. The lowest BCUT2D eigenvalue weighted by Gasteiger charge is -2.05. The second kappa shape index (κ2) is 6.64. The van der Waals surface area contributed by atoms with E-state index in [1.165, 1.54) is 0 Å². The fraction of sp³-hybridized carbons (Fsp3) is 0.500. The first-order chi connectivity index (χ1) is 8.11. The molecule has 0 spiro atoms. The zero-order chi connectivity index (χ0) is 12.7. The smallest absolute Gasteiger partial charge is 0.239 e. The number of hydrogen-bond acceptors (Lipinski definition) is 4. The summed E-state index contributed by atoms with van der Waals surface area (Å²) in [6.45, 7) is 0.341. The van der Waals surface area contributed by atoms with Crippen molar-refractivity contribution in [2.45, 2.75) is 6.42 Å². The zero-order valence-electron chi connectivity index (χ0n) is 9.77. The topological polar surface area (TPSA) is 102 Å². The van der Waals surface area contributed by atoms with Crippen LogP contribution >= 0.6 is 0 Å². The SMILES string of the molecule is Cn1ccc(CCNC(=O)CNC(=O)CN)n1. The highest BCUT2D eigenvalue weighted by Gasteiger charge is 2.03. The van der Waals surface area contributed by atoms with Gasteiger partial charge in [-0.25, -0.2) is 0 Å². The molecule has 0 bridgehead atoms. The molecule has 0 saturated heterocycles. The third-order valence-electron chi connectivity index (χ3n) is 2.10. The van der Waals surface area contributed by atoms with E-state index in [-0.39, 0.29) is 24.9 Å². The molecule has 0 aliphatic rings. The quantitative estimate of drug-likeness (QED) is 0.542. The lowest BCUT2D eigenvalue weighted by atomic mass is 10.3. The standard InChI is InChI=1S/C10H17N5O2/c1-15-5-3-8(14-15)2-4-12-10(17)7-13-9(16)6-11/h3,5H,2,4,6-7,11H2,1H3,(H,12,17)(H,13,16). The summed E-state index contributed by atoms with van der Waals surface area (Å²) < 4.78 is 1.71. The monoisotopic (exact) mass is 239 g/mol. The van der Waals surface area contributed by atoms with Gasteiger partial charge in [0.1, 0.15) is 0 Å². The van der Waals surface area contributed by atoms with E-state index in [4.69, 9.17) is 5.73 Å². The van der Waals surface area contributed by atoms with Crippen LogP contribution in [-0.4, -0.2) is 41.2 Å². The first-order valence-electron chi connectivity index (χ1n) is 5.34. The summed E-state index contributed by atoms with van der Waals surface area (Å²) in [4.78, 5) is 22.1. The van der Waals surface area contributed by atoms with Gasteiger partial charge in [-0.1, -0.05) is 0 Å². The molecular weight excluding hydrogens is 222 g/mol. The molecule has 1 aromatic rings. The summed E-state index contributed by atoms with van der Waals surface area (Å²) >= 11 is 0. The minimum Gasteiger partial charge on any atom is -0.354 e. The largest absolute Gasteiger partial charge is 0.354 e. The molecule has 0 atom stereocenters. The summed E-state index contributed by atoms with van der Waals surface area (Å²) in [5, 5.41) is 9.24. The van der Waals surface area contributed by atoms with Crippen molar-refractivity contribution in [3.63, 3.8) is 0 Å². The Kier molecular flexibility index (Phi) is 5.15. The van der Waals surface area contributed by atoms with Crippen LogP contribution in [0.5, 0.6) is 0 Å². The van der Waals surface area contributed by atoms with Crippen LogP contribution < -0.4 is 16.4 Å². The fourth-order valence-corrected chi connectivity index (χ4v) is 1.24. The zero-order valence-corrected chi connectivity index (χ0v) is 9.77. The van der Waals surface area contributed by atoms with Crippen molar-refractivity contribution < 1.29 is 9.59 Å². The molecule has 4 N–H and O–H groups in total. The fourth-order valence-electron chi connectivity index (χ4n) is 1.24. The van der Waals surface area contributed by atoms with Gasteiger partial charge in [-0.05, 0) is 6.07 Å². The highest BCUT2D eigenvalue weighted by molar-refractivity contribution is 5.85.